The highest BCUT2D eigenvalue weighted by molar-refractivity contribution is 7.80. The van der Waals surface area contributed by atoms with Crippen LogP contribution in [0.1, 0.15) is 64.4 Å². The minimum atomic E-state index is -0.00867. The third kappa shape index (κ3) is 6.71. The van der Waals surface area contributed by atoms with Gasteiger partial charge in [0.25, 0.3) is 0 Å². The third-order valence-corrected chi connectivity index (χ3v) is 3.55. The molecule has 0 fully saturated rings. The zero-order valence-corrected chi connectivity index (χ0v) is 14.1. The molecule has 0 heterocycles. The summed E-state index contributed by atoms with van der Waals surface area (Å²) in [6.45, 7) is 6.43. The summed E-state index contributed by atoms with van der Waals surface area (Å²) in [5.41, 5.74) is 2.15. The van der Waals surface area contributed by atoms with Gasteiger partial charge in [-0.25, -0.2) is 0 Å². The summed E-state index contributed by atoms with van der Waals surface area (Å²) in [4.78, 5) is 11.8. The monoisotopic (exact) mass is 306 g/mol. The minimum Gasteiger partial charge on any atom is -0.332 e. The van der Waals surface area contributed by atoms with Gasteiger partial charge in [-0.05, 0) is 36.2 Å². The maximum absolute atomic E-state index is 11.8. The van der Waals surface area contributed by atoms with Crippen LogP contribution in [-0.2, 0) is 4.79 Å². The van der Waals surface area contributed by atoms with Crippen LogP contribution in [-0.4, -0.2) is 11.0 Å². The lowest BCUT2D eigenvalue weighted by atomic mass is 10.0. The van der Waals surface area contributed by atoms with Gasteiger partial charge in [0, 0.05) is 12.1 Å². The van der Waals surface area contributed by atoms with Gasteiger partial charge in [-0.3, -0.25) is 4.79 Å². The summed E-state index contributed by atoms with van der Waals surface area (Å²) in [5.74, 6) is 0.395. The first-order valence-corrected chi connectivity index (χ1v) is 8.15. The summed E-state index contributed by atoms with van der Waals surface area (Å²) in [6.07, 6.45) is 4.91. The zero-order valence-electron chi connectivity index (χ0n) is 13.2. The Balaban J connectivity index is 2.45. The van der Waals surface area contributed by atoms with Crippen molar-refractivity contribution in [1.29, 1.82) is 0 Å². The molecule has 0 aromatic heterocycles. The first-order chi connectivity index (χ1) is 10.0. The number of carbonyl (C=O) groups excluding carboxylic acids is 1. The van der Waals surface area contributed by atoms with E-state index in [0.29, 0.717) is 17.5 Å². The number of rotatable bonds is 7. The summed E-state index contributed by atoms with van der Waals surface area (Å²) in [6, 6.07) is 8.02. The van der Waals surface area contributed by atoms with Gasteiger partial charge in [0.15, 0.2) is 5.11 Å². The predicted molar refractivity (Wildman–Crippen MR) is 93.7 cm³/mol. The Morgan fingerprint density at radius 3 is 2.57 bits per heavy atom. The molecule has 0 saturated carbocycles. The number of carbonyl (C=O) groups is 1. The molecule has 116 valence electrons. The van der Waals surface area contributed by atoms with E-state index in [-0.39, 0.29) is 5.91 Å². The van der Waals surface area contributed by atoms with Crippen LogP contribution in [0.2, 0.25) is 0 Å². The van der Waals surface area contributed by atoms with Crippen molar-refractivity contribution in [3.63, 3.8) is 0 Å². The molecule has 1 rings (SSSR count). The SMILES string of the molecule is CCCCCCC(=O)NC(=S)Nc1ccccc1C(C)C. The van der Waals surface area contributed by atoms with Gasteiger partial charge in [0.2, 0.25) is 5.91 Å². The van der Waals surface area contributed by atoms with E-state index < -0.39 is 0 Å². The van der Waals surface area contributed by atoms with Crippen LogP contribution in [0.15, 0.2) is 24.3 Å². The number of para-hydroxylation sites is 1. The van der Waals surface area contributed by atoms with E-state index in [2.05, 4.69) is 37.5 Å². The fourth-order valence-electron chi connectivity index (χ4n) is 2.17. The van der Waals surface area contributed by atoms with Gasteiger partial charge < -0.3 is 10.6 Å². The lowest BCUT2D eigenvalue weighted by Crippen LogP contribution is -2.34. The Hall–Kier alpha value is -1.42. The van der Waals surface area contributed by atoms with Crippen LogP contribution in [0.3, 0.4) is 0 Å². The Bertz CT molecular complexity index is 472. The average molecular weight is 306 g/mol. The molecule has 0 radical (unpaired) electrons. The molecule has 0 saturated heterocycles. The highest BCUT2D eigenvalue weighted by atomic mass is 32.1. The average Bonchev–Trinajstić information content (AvgIpc) is 2.43. The number of hydrogen-bond acceptors (Lipinski definition) is 2. The number of nitrogens with one attached hydrogen (secondary N) is 2. The molecule has 0 bridgehead atoms. The van der Waals surface area contributed by atoms with Crippen LogP contribution in [0.4, 0.5) is 5.69 Å². The highest BCUT2D eigenvalue weighted by Gasteiger charge is 2.09. The van der Waals surface area contributed by atoms with E-state index in [9.17, 15) is 4.79 Å². The Kier molecular flexibility index (Phi) is 7.98. The van der Waals surface area contributed by atoms with Gasteiger partial charge in [0.1, 0.15) is 0 Å². The van der Waals surface area contributed by atoms with E-state index >= 15 is 0 Å². The van der Waals surface area contributed by atoms with E-state index in [1.54, 1.807) is 0 Å². The molecule has 0 unspecified atom stereocenters. The van der Waals surface area contributed by atoms with Crippen molar-refractivity contribution in [2.45, 2.75) is 58.8 Å². The van der Waals surface area contributed by atoms with Gasteiger partial charge in [-0.1, -0.05) is 58.2 Å². The maximum Gasteiger partial charge on any atom is 0.226 e. The molecule has 0 aliphatic heterocycles. The number of benzene rings is 1. The smallest absolute Gasteiger partial charge is 0.226 e. The molecule has 3 nitrogen and oxygen atoms in total. The van der Waals surface area contributed by atoms with Crippen molar-refractivity contribution in [3.8, 4) is 0 Å². The van der Waals surface area contributed by atoms with Crippen molar-refractivity contribution in [3.05, 3.63) is 29.8 Å². The van der Waals surface area contributed by atoms with Crippen molar-refractivity contribution >= 4 is 28.9 Å². The normalized spacial score (nSPS) is 10.5. The standard InChI is InChI=1S/C17H26N2OS/c1-4-5-6-7-12-16(20)19-17(21)18-15-11-9-8-10-14(15)13(2)3/h8-11,13H,4-7,12H2,1-3H3,(H2,18,19,20,21). The summed E-state index contributed by atoms with van der Waals surface area (Å²) in [7, 11) is 0. The van der Waals surface area contributed by atoms with Crippen LogP contribution in [0.5, 0.6) is 0 Å². The second kappa shape index (κ2) is 9.50. The summed E-state index contributed by atoms with van der Waals surface area (Å²) >= 11 is 5.22. The number of anilines is 1. The van der Waals surface area contributed by atoms with Crippen molar-refractivity contribution in [1.82, 2.24) is 5.32 Å². The van der Waals surface area contributed by atoms with Gasteiger partial charge in [0.05, 0.1) is 0 Å². The van der Waals surface area contributed by atoms with Gasteiger partial charge in [-0.2, -0.15) is 0 Å². The molecule has 0 atom stereocenters. The second-order valence-electron chi connectivity index (χ2n) is 5.55. The molecule has 1 aromatic rings. The molecule has 0 aliphatic carbocycles. The first-order valence-electron chi connectivity index (χ1n) is 7.74. The number of unbranched alkanes of at least 4 members (excludes halogenated alkanes) is 3. The van der Waals surface area contributed by atoms with Crippen molar-refractivity contribution in [2.24, 2.45) is 0 Å². The Morgan fingerprint density at radius 1 is 1.19 bits per heavy atom. The van der Waals surface area contributed by atoms with E-state index in [1.807, 2.05) is 18.2 Å². The largest absolute Gasteiger partial charge is 0.332 e. The Morgan fingerprint density at radius 2 is 1.90 bits per heavy atom. The van der Waals surface area contributed by atoms with Crippen molar-refractivity contribution < 1.29 is 4.79 Å². The molecule has 21 heavy (non-hydrogen) atoms. The highest BCUT2D eigenvalue weighted by Crippen LogP contribution is 2.23. The quantitative estimate of drug-likeness (QED) is 0.571. The second-order valence-corrected chi connectivity index (χ2v) is 5.96. The molecule has 1 amide bonds. The zero-order chi connectivity index (χ0) is 15.7. The molecular weight excluding hydrogens is 280 g/mol. The number of amides is 1. The van der Waals surface area contributed by atoms with Crippen LogP contribution >= 0.6 is 12.2 Å². The topological polar surface area (TPSA) is 41.1 Å². The van der Waals surface area contributed by atoms with Crippen LogP contribution in [0.25, 0.3) is 0 Å². The van der Waals surface area contributed by atoms with Crippen LogP contribution < -0.4 is 10.6 Å². The maximum atomic E-state index is 11.8. The molecule has 0 spiro atoms. The minimum absolute atomic E-state index is 0.00867. The molecule has 0 aliphatic rings. The first kappa shape index (κ1) is 17.6. The van der Waals surface area contributed by atoms with E-state index in [0.717, 1.165) is 18.5 Å². The lowest BCUT2D eigenvalue weighted by Gasteiger charge is -2.15. The van der Waals surface area contributed by atoms with E-state index in [1.165, 1.54) is 18.4 Å². The molecule has 2 N–H and O–H groups in total. The van der Waals surface area contributed by atoms with Gasteiger partial charge in [-0.15, -0.1) is 0 Å². The fraction of sp³-hybridized carbons (Fsp3) is 0.529. The summed E-state index contributed by atoms with van der Waals surface area (Å²) < 4.78 is 0. The molecule has 1 aromatic carbocycles. The number of thiocarbonyl (C=S) groups is 1. The van der Waals surface area contributed by atoms with Gasteiger partial charge >= 0.3 is 0 Å². The third-order valence-electron chi connectivity index (χ3n) is 3.34. The number of hydrogen-bond donors (Lipinski definition) is 2. The lowest BCUT2D eigenvalue weighted by molar-refractivity contribution is -0.119. The van der Waals surface area contributed by atoms with Crippen LogP contribution in [0, 0.1) is 0 Å². The van der Waals surface area contributed by atoms with E-state index in [4.69, 9.17) is 12.2 Å². The van der Waals surface area contributed by atoms with Crippen molar-refractivity contribution in [2.75, 3.05) is 5.32 Å². The Labute approximate surface area is 133 Å². The fourth-order valence-corrected chi connectivity index (χ4v) is 2.39. The molecule has 4 heteroatoms. The predicted octanol–water partition coefficient (Wildman–Crippen LogP) is 4.59. The molecular formula is C17H26N2OS. The summed E-state index contributed by atoms with van der Waals surface area (Å²) in [5, 5.41) is 6.26.